The minimum absolute atomic E-state index is 0.0312. The predicted octanol–water partition coefficient (Wildman–Crippen LogP) is 3.17. The van der Waals surface area contributed by atoms with Crippen LogP contribution in [0.5, 0.6) is 0 Å². The average Bonchev–Trinajstić information content (AvgIpc) is 3.20. The van der Waals surface area contributed by atoms with Crippen molar-refractivity contribution < 1.29 is 9.59 Å². The zero-order chi connectivity index (χ0) is 17.4. The predicted molar refractivity (Wildman–Crippen MR) is 98.3 cm³/mol. The van der Waals surface area contributed by atoms with E-state index in [-0.39, 0.29) is 18.5 Å². The van der Waals surface area contributed by atoms with Gasteiger partial charge in [0.25, 0.3) is 0 Å². The molecule has 0 saturated carbocycles. The minimum atomic E-state index is -0.136. The first-order chi connectivity index (χ1) is 12.1. The summed E-state index contributed by atoms with van der Waals surface area (Å²) in [6.07, 6.45) is 0.868. The van der Waals surface area contributed by atoms with Crippen molar-refractivity contribution in [3.05, 3.63) is 59.1 Å². The van der Waals surface area contributed by atoms with E-state index in [4.69, 9.17) is 11.6 Å². The third-order valence-corrected chi connectivity index (χ3v) is 5.00. The Kier molecular flexibility index (Phi) is 4.09. The Balaban J connectivity index is 1.44. The Morgan fingerprint density at radius 3 is 2.56 bits per heavy atom. The maximum Gasteiger partial charge on any atom is 0.325 e. The third-order valence-electron chi connectivity index (χ3n) is 4.75. The molecular weight excluding hydrogens is 338 g/mol. The molecule has 2 aromatic carbocycles. The normalized spacial score (nSPS) is 16.5. The van der Waals surface area contributed by atoms with Crippen molar-refractivity contribution in [3.8, 4) is 0 Å². The first kappa shape index (κ1) is 16.0. The van der Waals surface area contributed by atoms with E-state index in [2.05, 4.69) is 0 Å². The minimum Gasteiger partial charge on any atom is -0.313 e. The van der Waals surface area contributed by atoms with Crippen molar-refractivity contribution in [1.29, 1.82) is 0 Å². The van der Waals surface area contributed by atoms with Crippen molar-refractivity contribution in [2.75, 3.05) is 36.0 Å². The molecule has 128 valence electrons. The SMILES string of the molecule is O=C1N(CC(=O)N2CCc3ccccc32)CCN1c1ccc(Cl)cc1. The van der Waals surface area contributed by atoms with E-state index >= 15 is 0 Å². The second-order valence-electron chi connectivity index (χ2n) is 6.26. The number of carbonyl (C=O) groups excluding carboxylic acids is 2. The van der Waals surface area contributed by atoms with Gasteiger partial charge in [-0.05, 0) is 42.3 Å². The van der Waals surface area contributed by atoms with Gasteiger partial charge in [-0.15, -0.1) is 0 Å². The fraction of sp³-hybridized carbons (Fsp3) is 0.263. The van der Waals surface area contributed by atoms with Gasteiger partial charge in [0.1, 0.15) is 6.54 Å². The van der Waals surface area contributed by atoms with Crippen molar-refractivity contribution in [2.45, 2.75) is 6.42 Å². The molecular formula is C19H18ClN3O2. The monoisotopic (exact) mass is 355 g/mol. The third kappa shape index (κ3) is 2.96. The Bertz CT molecular complexity index is 822. The molecule has 3 amide bonds. The van der Waals surface area contributed by atoms with E-state index in [0.29, 0.717) is 24.7 Å². The molecule has 0 atom stereocenters. The molecule has 5 nitrogen and oxygen atoms in total. The van der Waals surface area contributed by atoms with Gasteiger partial charge in [-0.25, -0.2) is 4.79 Å². The van der Waals surface area contributed by atoms with E-state index in [0.717, 1.165) is 17.8 Å². The Morgan fingerprint density at radius 1 is 1.00 bits per heavy atom. The number of urea groups is 1. The highest BCUT2D eigenvalue weighted by Crippen LogP contribution is 2.28. The van der Waals surface area contributed by atoms with Crippen LogP contribution in [-0.2, 0) is 11.2 Å². The van der Waals surface area contributed by atoms with Crippen LogP contribution in [0.15, 0.2) is 48.5 Å². The molecule has 1 saturated heterocycles. The van der Waals surface area contributed by atoms with E-state index in [1.54, 1.807) is 26.8 Å². The largest absolute Gasteiger partial charge is 0.325 e. The van der Waals surface area contributed by atoms with Crippen LogP contribution in [0.25, 0.3) is 0 Å². The van der Waals surface area contributed by atoms with Crippen LogP contribution < -0.4 is 9.80 Å². The summed E-state index contributed by atoms with van der Waals surface area (Å²) in [5.74, 6) is -0.0312. The molecule has 0 N–H and O–H groups in total. The number of carbonyl (C=O) groups is 2. The average molecular weight is 356 g/mol. The lowest BCUT2D eigenvalue weighted by atomic mass is 10.2. The number of hydrogen-bond acceptors (Lipinski definition) is 2. The molecule has 4 rings (SSSR count). The number of halogens is 1. The molecule has 2 aromatic rings. The van der Waals surface area contributed by atoms with Crippen LogP contribution in [0.3, 0.4) is 0 Å². The maximum absolute atomic E-state index is 12.7. The highest BCUT2D eigenvalue weighted by molar-refractivity contribution is 6.30. The van der Waals surface area contributed by atoms with Crippen LogP contribution in [0.2, 0.25) is 5.02 Å². The van der Waals surface area contributed by atoms with Gasteiger partial charge in [0.2, 0.25) is 5.91 Å². The van der Waals surface area contributed by atoms with E-state index in [9.17, 15) is 9.59 Å². The Labute approximate surface area is 151 Å². The summed E-state index contributed by atoms with van der Waals surface area (Å²) in [4.78, 5) is 30.4. The molecule has 0 unspecified atom stereocenters. The van der Waals surface area contributed by atoms with Gasteiger partial charge in [-0.2, -0.15) is 0 Å². The molecule has 25 heavy (non-hydrogen) atoms. The van der Waals surface area contributed by atoms with Crippen molar-refractivity contribution in [2.24, 2.45) is 0 Å². The van der Waals surface area contributed by atoms with Gasteiger partial charge in [-0.3, -0.25) is 9.69 Å². The second kappa shape index (κ2) is 6.41. The molecule has 6 heteroatoms. The van der Waals surface area contributed by atoms with Crippen LogP contribution >= 0.6 is 11.6 Å². The van der Waals surface area contributed by atoms with E-state index in [1.807, 2.05) is 36.4 Å². The lowest BCUT2D eigenvalue weighted by Crippen LogP contribution is -2.41. The van der Waals surface area contributed by atoms with Gasteiger partial charge >= 0.3 is 6.03 Å². The van der Waals surface area contributed by atoms with Gasteiger partial charge in [0, 0.05) is 36.0 Å². The lowest BCUT2D eigenvalue weighted by Gasteiger charge is -2.22. The summed E-state index contributed by atoms with van der Waals surface area (Å²) in [5, 5.41) is 0.634. The van der Waals surface area contributed by atoms with Gasteiger partial charge < -0.3 is 9.80 Å². The molecule has 0 aromatic heterocycles. The van der Waals surface area contributed by atoms with Crippen LogP contribution in [0.1, 0.15) is 5.56 Å². The van der Waals surface area contributed by atoms with Crippen LogP contribution in [0.4, 0.5) is 16.2 Å². The molecule has 0 bridgehead atoms. The summed E-state index contributed by atoms with van der Waals surface area (Å²) in [7, 11) is 0. The number of anilines is 2. The van der Waals surface area contributed by atoms with Gasteiger partial charge in [0.15, 0.2) is 0 Å². The number of para-hydroxylation sites is 1. The van der Waals surface area contributed by atoms with Crippen molar-refractivity contribution >= 4 is 34.9 Å². The van der Waals surface area contributed by atoms with E-state index < -0.39 is 0 Å². The molecule has 1 fully saturated rings. The molecule has 2 heterocycles. The number of amides is 3. The fourth-order valence-corrected chi connectivity index (χ4v) is 3.56. The molecule has 0 radical (unpaired) electrons. The number of fused-ring (bicyclic) bond motifs is 1. The van der Waals surface area contributed by atoms with Crippen LogP contribution in [-0.4, -0.2) is 43.0 Å². The topological polar surface area (TPSA) is 43.9 Å². The van der Waals surface area contributed by atoms with Crippen molar-refractivity contribution in [1.82, 2.24) is 4.90 Å². The first-order valence-corrected chi connectivity index (χ1v) is 8.71. The summed E-state index contributed by atoms with van der Waals surface area (Å²) >= 11 is 5.90. The zero-order valence-corrected chi connectivity index (χ0v) is 14.4. The van der Waals surface area contributed by atoms with Crippen molar-refractivity contribution in [3.63, 3.8) is 0 Å². The first-order valence-electron chi connectivity index (χ1n) is 8.34. The number of benzene rings is 2. The number of rotatable bonds is 3. The molecule has 2 aliphatic rings. The molecule has 0 spiro atoms. The summed E-state index contributed by atoms with van der Waals surface area (Å²) in [6, 6.07) is 15.0. The van der Waals surface area contributed by atoms with Crippen LogP contribution in [0, 0.1) is 0 Å². The fourth-order valence-electron chi connectivity index (χ4n) is 3.44. The Hall–Kier alpha value is -2.53. The van der Waals surface area contributed by atoms with Gasteiger partial charge in [-0.1, -0.05) is 29.8 Å². The van der Waals surface area contributed by atoms with E-state index in [1.165, 1.54) is 5.56 Å². The summed E-state index contributed by atoms with van der Waals surface area (Å²) in [6.45, 7) is 1.91. The number of hydrogen-bond donors (Lipinski definition) is 0. The smallest absolute Gasteiger partial charge is 0.313 e. The Morgan fingerprint density at radius 2 is 1.76 bits per heavy atom. The summed E-state index contributed by atoms with van der Waals surface area (Å²) in [5.41, 5.74) is 2.95. The molecule has 2 aliphatic heterocycles. The maximum atomic E-state index is 12.7. The highest BCUT2D eigenvalue weighted by Gasteiger charge is 2.33. The summed E-state index contributed by atoms with van der Waals surface area (Å²) < 4.78 is 0. The zero-order valence-electron chi connectivity index (χ0n) is 13.7. The van der Waals surface area contributed by atoms with Gasteiger partial charge in [0.05, 0.1) is 0 Å². The number of nitrogens with zero attached hydrogens (tertiary/aromatic N) is 3. The lowest BCUT2D eigenvalue weighted by molar-refractivity contribution is -0.118. The highest BCUT2D eigenvalue weighted by atomic mass is 35.5. The second-order valence-corrected chi connectivity index (χ2v) is 6.69. The standard InChI is InChI=1S/C19H18ClN3O2/c20-15-5-7-16(8-6-15)22-12-11-21(19(22)25)13-18(24)23-10-9-14-3-1-2-4-17(14)23/h1-8H,9-13H2. The quantitative estimate of drug-likeness (QED) is 0.848. The molecule has 0 aliphatic carbocycles.